The molecule has 0 unspecified atom stereocenters. The number of aromatic nitrogens is 7. The van der Waals surface area contributed by atoms with E-state index in [1.165, 1.54) is 24.3 Å². The van der Waals surface area contributed by atoms with Gasteiger partial charge in [0.25, 0.3) is 0 Å². The van der Waals surface area contributed by atoms with Crippen LogP contribution in [0.4, 0.5) is 0 Å². The van der Waals surface area contributed by atoms with Gasteiger partial charge in [-0.15, -0.1) is 0 Å². The molecule has 0 N–H and O–H groups in total. The maximum absolute atomic E-state index is 10.9. The number of hydrogen-bond donors (Lipinski definition) is 0. The molecule has 1 aliphatic rings. The van der Waals surface area contributed by atoms with Crippen LogP contribution in [0.25, 0.3) is 78.8 Å². The molecule has 0 saturated carbocycles. The lowest BCUT2D eigenvalue weighted by molar-refractivity contribution is 0.453. The molecule has 0 saturated heterocycles. The Morgan fingerprint density at radius 3 is 1.38 bits per heavy atom. The first kappa shape index (κ1) is 43.9. The van der Waals surface area contributed by atoms with Gasteiger partial charge in [0.2, 0.25) is 5.78 Å². The molecule has 11 aromatic carbocycles. The fourth-order valence-electron chi connectivity index (χ4n) is 13.9. The third kappa shape index (κ3) is 8.78. The summed E-state index contributed by atoms with van der Waals surface area (Å²) in [6.07, 6.45) is 0. The summed E-state index contributed by atoms with van der Waals surface area (Å²) in [7, 11) is -17.8. The molecule has 16 rings (SSSR count). The van der Waals surface area contributed by atoms with Gasteiger partial charge >= 0.3 is 0 Å². The van der Waals surface area contributed by atoms with Gasteiger partial charge in [-0.2, -0.15) is 0 Å². The smallest absolute Gasteiger partial charge is 0.220 e. The Balaban J connectivity index is 1.15. The van der Waals surface area contributed by atoms with Crippen molar-refractivity contribution in [1.29, 1.82) is 0 Å². The van der Waals surface area contributed by atoms with Crippen molar-refractivity contribution in [2.45, 2.75) is 30.6 Å². The summed E-state index contributed by atoms with van der Waals surface area (Å²) in [5, 5.41) is 1.65. The zero-order chi connectivity index (χ0) is 71.3. The Kier molecular flexibility index (Phi) is 10.7. The van der Waals surface area contributed by atoms with E-state index in [2.05, 4.69) is 21.1 Å². The second-order valence-electron chi connectivity index (χ2n) is 23.0. The number of nitrogens with zero attached hydrogens (tertiary/aromatic N) is 7. The number of hydrogen-bond acceptors (Lipinski definition) is 6. The van der Waals surface area contributed by atoms with Crippen LogP contribution in [0.15, 0.2) is 309 Å². The van der Waals surface area contributed by atoms with Crippen LogP contribution in [-0.4, -0.2) is 58.1 Å². The van der Waals surface area contributed by atoms with Gasteiger partial charge < -0.3 is 4.74 Å². The Morgan fingerprint density at radius 2 is 0.824 bits per heavy atom. The average Bonchev–Trinajstić information content (AvgIpc) is 1.01. The summed E-state index contributed by atoms with van der Waals surface area (Å²) in [6, 6.07) is 93.1. The molecule has 15 aromatic rings. The topological polar surface area (TPSA) is 83.0 Å². The van der Waals surface area contributed by atoms with Gasteiger partial charge in [-0.1, -0.05) is 281 Å². The summed E-state index contributed by atoms with van der Waals surface area (Å²) in [5.41, 5.74) is 5.46. The molecular weight excluding hydrogens is 1160 g/mol. The van der Waals surface area contributed by atoms with Crippen molar-refractivity contribution in [3.8, 4) is 62.5 Å². The predicted octanol–water partition coefficient (Wildman–Crippen LogP) is 14.8. The second kappa shape index (κ2) is 22.1. The SMILES string of the molecule is [2H]C([2H])([2H])[Si](c1cc(-c2ccccc2)nc(-c2ccccc2)n1)(C([2H])([2H])[2H])C1([Si](c2cc(-c3ccccc3)nc(-c3ccccc3)n2)(C([2H])([2H])[2H])C([2H])([2H])[2H])c2ccccc2Oc2c1cccc2[Si](c1ccccc1)(c1ccccc1)c1cccc(-n2c3ccccc3n3c4ccccc4nc23)c1. The van der Waals surface area contributed by atoms with Crippen molar-refractivity contribution in [3.05, 3.63) is 321 Å². The average molecular weight is 1230 g/mol. The van der Waals surface area contributed by atoms with Gasteiger partial charge in [0.15, 0.2) is 19.7 Å². The van der Waals surface area contributed by atoms with Gasteiger partial charge in [-0.3, -0.25) is 8.97 Å². The van der Waals surface area contributed by atoms with Crippen molar-refractivity contribution >= 4 is 83.4 Å². The normalized spacial score (nSPS) is 15.5. The molecule has 4 aromatic heterocycles. The fraction of sp³-hybridized carbons (Fsp3) is 0.0625. The lowest BCUT2D eigenvalue weighted by Gasteiger charge is -2.57. The Bertz CT molecular complexity index is 5360. The number of benzene rings is 11. The Morgan fingerprint density at radius 1 is 0.374 bits per heavy atom. The Hall–Kier alpha value is -10.7. The largest absolute Gasteiger partial charge is 0.457 e. The first-order valence-corrected chi connectivity index (χ1v) is 36.2. The summed E-state index contributed by atoms with van der Waals surface area (Å²) in [4.78, 5) is 26.2. The van der Waals surface area contributed by atoms with Gasteiger partial charge in [0.05, 0.1) is 33.5 Å². The standard InChI is InChI=1S/C80H63N7OSi3/c1-89(2,74-54-67(56-31-11-5-12-32-56)81-77(84-74)58-35-15-7-16-36-58)80(90(3,4)75-55-68(57-33-13-6-14-34-57)82-78(85-75)59-37-17-8-18-38-59)64-45-23-28-51-72(64)88-76-65(80)46-30-52-73(76)91(61-40-19-9-20-41-61,62-42-21-10-22-43-62)63-44-29-39-60(53-63)86-70-49-26-27-50-71(70)87-69-48-25-24-47-66(69)83-79(86)87/h5-55H,1-4H3/i1D3,2D3,3D3,4D3. The lowest BCUT2D eigenvalue weighted by atomic mass is 9.98. The van der Waals surface area contributed by atoms with Crippen molar-refractivity contribution in [1.82, 2.24) is 33.9 Å². The maximum Gasteiger partial charge on any atom is 0.220 e. The lowest BCUT2D eigenvalue weighted by Crippen LogP contribution is -2.78. The molecule has 91 heavy (non-hydrogen) atoms. The first-order chi connectivity index (χ1) is 49.6. The molecule has 0 fully saturated rings. The molecule has 0 bridgehead atoms. The molecule has 8 nitrogen and oxygen atoms in total. The quantitative estimate of drug-likeness (QED) is 0.0845. The van der Waals surface area contributed by atoms with Crippen LogP contribution >= 0.6 is 0 Å². The number of fused-ring (bicyclic) bond motifs is 7. The Labute approximate surface area is 549 Å². The second-order valence-corrected chi connectivity index (χ2v) is 32.8. The van der Waals surface area contributed by atoms with Crippen LogP contribution in [0.1, 0.15) is 27.6 Å². The van der Waals surface area contributed by atoms with Crippen molar-refractivity contribution < 1.29 is 21.2 Å². The van der Waals surface area contributed by atoms with E-state index in [4.69, 9.17) is 29.7 Å². The van der Waals surface area contributed by atoms with Crippen LogP contribution in [-0.2, 0) is 4.66 Å². The van der Waals surface area contributed by atoms with E-state index < -0.39 is 65.4 Å². The van der Waals surface area contributed by atoms with E-state index in [9.17, 15) is 16.4 Å². The van der Waals surface area contributed by atoms with E-state index in [1.54, 1.807) is 146 Å². The number of para-hydroxylation sites is 6. The summed E-state index contributed by atoms with van der Waals surface area (Å²) >= 11 is 0. The summed E-state index contributed by atoms with van der Waals surface area (Å²) in [5.74, 6) is 0.195. The van der Waals surface area contributed by atoms with Crippen molar-refractivity contribution in [3.63, 3.8) is 0 Å². The van der Waals surface area contributed by atoms with E-state index in [0.717, 1.165) is 43.3 Å². The van der Waals surface area contributed by atoms with Gasteiger partial charge in [-0.25, -0.2) is 24.9 Å². The van der Waals surface area contributed by atoms with E-state index in [1.807, 2.05) is 127 Å². The zero-order valence-corrected chi connectivity index (χ0v) is 52.0. The molecule has 0 radical (unpaired) electrons. The molecule has 1 aliphatic heterocycles. The maximum atomic E-state index is 10.9. The van der Waals surface area contributed by atoms with Crippen LogP contribution < -0.4 is 36.1 Å². The van der Waals surface area contributed by atoms with E-state index in [-0.39, 0.29) is 45.7 Å². The van der Waals surface area contributed by atoms with E-state index in [0.29, 0.717) is 33.2 Å². The molecule has 0 aliphatic carbocycles. The van der Waals surface area contributed by atoms with Crippen LogP contribution in [0.3, 0.4) is 0 Å². The third-order valence-electron chi connectivity index (χ3n) is 17.9. The minimum atomic E-state index is -6.77. The van der Waals surface area contributed by atoms with Crippen molar-refractivity contribution in [2.24, 2.45) is 0 Å². The fourth-order valence-corrected chi connectivity index (χ4v) is 26.2. The number of imidazole rings is 2. The highest BCUT2D eigenvalue weighted by Gasteiger charge is 2.66. The number of ether oxygens (including phenoxy) is 1. The van der Waals surface area contributed by atoms with Crippen molar-refractivity contribution in [2.75, 3.05) is 0 Å². The highest BCUT2D eigenvalue weighted by atomic mass is 28.4. The van der Waals surface area contributed by atoms with Crippen LogP contribution in [0, 0.1) is 0 Å². The minimum absolute atomic E-state index is 0.0859. The number of rotatable bonds is 13. The van der Waals surface area contributed by atoms with Gasteiger partial charge in [0.1, 0.15) is 27.6 Å². The van der Waals surface area contributed by atoms with Crippen LogP contribution in [0.5, 0.6) is 11.5 Å². The summed E-state index contributed by atoms with van der Waals surface area (Å²) in [6.45, 7) is -15.5. The monoisotopic (exact) mass is 1230 g/mol. The first-order valence-electron chi connectivity index (χ1n) is 36.2. The third-order valence-corrected chi connectivity index (χ3v) is 30.3. The molecule has 0 spiro atoms. The molecule has 0 amide bonds. The predicted molar refractivity (Wildman–Crippen MR) is 380 cm³/mol. The molecule has 5 heterocycles. The van der Waals surface area contributed by atoms with E-state index >= 15 is 0 Å². The molecule has 0 atom stereocenters. The minimum Gasteiger partial charge on any atom is -0.457 e. The highest BCUT2D eigenvalue weighted by molar-refractivity contribution is 7.20. The van der Waals surface area contributed by atoms with Gasteiger partial charge in [0, 0.05) is 70.8 Å². The summed E-state index contributed by atoms with van der Waals surface area (Å²) < 4.78 is 140. The van der Waals surface area contributed by atoms with Crippen LogP contribution in [0.2, 0.25) is 25.9 Å². The zero-order valence-electron chi connectivity index (χ0n) is 61.0. The molecule has 11 heteroatoms. The molecule has 436 valence electrons. The molecular formula is C80H63N7OSi3. The highest BCUT2D eigenvalue weighted by Crippen LogP contribution is 2.57. The van der Waals surface area contributed by atoms with Gasteiger partial charge in [-0.05, 0) is 75.3 Å².